The van der Waals surface area contributed by atoms with Crippen LogP contribution in [0.5, 0.6) is 11.5 Å². The average molecular weight is 635 g/mol. The molecule has 0 unspecified atom stereocenters. The van der Waals surface area contributed by atoms with E-state index in [1.165, 1.54) is 29.9 Å². The minimum Gasteiger partial charge on any atom is -0.504 e. The topological polar surface area (TPSA) is 124 Å². The number of rotatable bonds is 4. The van der Waals surface area contributed by atoms with Gasteiger partial charge in [-0.05, 0) is 126 Å². The van der Waals surface area contributed by atoms with Gasteiger partial charge < -0.3 is 25.2 Å². The highest BCUT2D eigenvalue weighted by atomic mass is 16.6. The highest BCUT2D eigenvalue weighted by Gasteiger charge is 2.70. The molecule has 0 heterocycles. The number of aliphatic hydroxyl groups excluding tert-OH is 1. The van der Waals surface area contributed by atoms with Crippen molar-refractivity contribution in [1.29, 1.82) is 0 Å². The number of hydrogen-bond donors (Lipinski definition) is 4. The summed E-state index contributed by atoms with van der Waals surface area (Å²) in [5.41, 5.74) is 0.521. The smallest absolute Gasteiger partial charge is 0.331 e. The molecule has 46 heavy (non-hydrogen) atoms. The number of aromatic hydroxyl groups is 2. The van der Waals surface area contributed by atoms with Crippen LogP contribution in [0, 0.1) is 50.2 Å². The van der Waals surface area contributed by atoms with Crippen molar-refractivity contribution in [3.63, 3.8) is 0 Å². The third kappa shape index (κ3) is 4.69. The zero-order valence-corrected chi connectivity index (χ0v) is 28.7. The van der Waals surface area contributed by atoms with E-state index in [2.05, 4.69) is 54.5 Å². The second kappa shape index (κ2) is 10.6. The molecule has 0 radical (unpaired) electrons. The number of esters is 1. The van der Waals surface area contributed by atoms with Gasteiger partial charge in [0, 0.05) is 6.08 Å². The van der Waals surface area contributed by atoms with Gasteiger partial charge in [0.25, 0.3) is 0 Å². The lowest BCUT2D eigenvalue weighted by Gasteiger charge is -2.71. The Bertz CT molecular complexity index is 1490. The predicted octanol–water partition coefficient (Wildman–Crippen LogP) is 7.88. The van der Waals surface area contributed by atoms with E-state index in [0.29, 0.717) is 17.9 Å². The lowest BCUT2D eigenvalue weighted by Crippen LogP contribution is -2.67. The SMILES string of the molecule is CC1(C)CC[C@]2(C(=O)O)CC[C@]3(C)C(=CC[C@@H]4[C@@]5(C)C[C@@H](OC(=O)/C=C/c6ccc(O)c(O)c6)[C@@H](O)C(C)(C)[C@@H]5CC[C@]43C)[C@@H]2C1. The average Bonchev–Trinajstić information content (AvgIpc) is 2.96. The molecule has 5 aliphatic rings. The van der Waals surface area contributed by atoms with Gasteiger partial charge in [0.05, 0.1) is 11.5 Å². The molecule has 0 amide bonds. The molecule has 7 heteroatoms. The molecule has 7 nitrogen and oxygen atoms in total. The lowest BCUT2D eigenvalue weighted by atomic mass is 9.33. The number of phenolic OH excluding ortho intramolecular Hbond substituents is 2. The molecule has 0 aliphatic heterocycles. The van der Waals surface area contributed by atoms with Gasteiger partial charge in [0.2, 0.25) is 0 Å². The van der Waals surface area contributed by atoms with Crippen LogP contribution in [0.15, 0.2) is 35.9 Å². The molecule has 0 saturated heterocycles. The molecule has 0 bridgehead atoms. The van der Waals surface area contributed by atoms with Gasteiger partial charge in [-0.25, -0.2) is 4.79 Å². The second-order valence-corrected chi connectivity index (χ2v) is 17.7. The number of carbonyl (C=O) groups excluding carboxylic acids is 1. The van der Waals surface area contributed by atoms with Gasteiger partial charge in [-0.3, -0.25) is 4.79 Å². The molecule has 252 valence electrons. The number of carbonyl (C=O) groups is 2. The number of ether oxygens (including phenoxy) is 1. The summed E-state index contributed by atoms with van der Waals surface area (Å²) in [6.45, 7) is 16.1. The normalized spacial score (nSPS) is 42.5. The van der Waals surface area contributed by atoms with Crippen molar-refractivity contribution in [1.82, 2.24) is 0 Å². The van der Waals surface area contributed by atoms with Gasteiger partial charge in [-0.15, -0.1) is 0 Å². The Kier molecular flexibility index (Phi) is 7.63. The van der Waals surface area contributed by atoms with Crippen molar-refractivity contribution in [2.24, 2.45) is 50.2 Å². The van der Waals surface area contributed by atoms with Gasteiger partial charge in [0.1, 0.15) is 6.10 Å². The van der Waals surface area contributed by atoms with E-state index in [1.54, 1.807) is 6.07 Å². The van der Waals surface area contributed by atoms with Crippen molar-refractivity contribution in [3.05, 3.63) is 41.5 Å². The van der Waals surface area contributed by atoms with Gasteiger partial charge in [-0.1, -0.05) is 66.2 Å². The number of fused-ring (bicyclic) bond motifs is 7. The molecule has 0 spiro atoms. The number of allylic oxidation sites excluding steroid dienone is 2. The second-order valence-electron chi connectivity index (χ2n) is 17.7. The summed E-state index contributed by atoms with van der Waals surface area (Å²) in [5, 5.41) is 41.7. The third-order valence-corrected chi connectivity index (χ3v) is 14.7. The molecule has 4 fully saturated rings. The molecule has 9 atom stereocenters. The molecule has 4 saturated carbocycles. The number of aliphatic carboxylic acids is 1. The van der Waals surface area contributed by atoms with Crippen LogP contribution in [0.1, 0.15) is 112 Å². The number of benzene rings is 1. The molecule has 1 aromatic carbocycles. The Balaban J connectivity index is 1.32. The minimum absolute atomic E-state index is 0.0522. The Morgan fingerprint density at radius 1 is 0.891 bits per heavy atom. The monoisotopic (exact) mass is 634 g/mol. The van der Waals surface area contributed by atoms with Crippen molar-refractivity contribution in [3.8, 4) is 11.5 Å². The molecule has 0 aromatic heterocycles. The predicted molar refractivity (Wildman–Crippen MR) is 177 cm³/mol. The van der Waals surface area contributed by atoms with Crippen LogP contribution >= 0.6 is 0 Å². The Hall–Kier alpha value is -2.80. The molecule has 5 aliphatic carbocycles. The fraction of sp³-hybridized carbons (Fsp3) is 0.692. The van der Waals surface area contributed by atoms with E-state index in [-0.39, 0.29) is 45.0 Å². The highest BCUT2D eigenvalue weighted by Crippen LogP contribution is 2.75. The van der Waals surface area contributed by atoms with Crippen molar-refractivity contribution >= 4 is 18.0 Å². The summed E-state index contributed by atoms with van der Waals surface area (Å²) in [7, 11) is 0. The fourth-order valence-electron chi connectivity index (χ4n) is 11.8. The van der Waals surface area contributed by atoms with Gasteiger partial charge in [0.15, 0.2) is 11.5 Å². The summed E-state index contributed by atoms with van der Waals surface area (Å²) in [4.78, 5) is 26.1. The van der Waals surface area contributed by atoms with Crippen LogP contribution in [0.4, 0.5) is 0 Å². The first-order valence-corrected chi connectivity index (χ1v) is 17.3. The number of carboxylic acids is 1. The fourth-order valence-corrected chi connectivity index (χ4v) is 11.8. The van der Waals surface area contributed by atoms with E-state index < -0.39 is 35.0 Å². The van der Waals surface area contributed by atoms with Crippen molar-refractivity contribution in [2.75, 3.05) is 0 Å². The molecular weight excluding hydrogens is 580 g/mol. The van der Waals surface area contributed by atoms with E-state index in [1.807, 2.05) is 0 Å². The summed E-state index contributed by atoms with van der Waals surface area (Å²) >= 11 is 0. The van der Waals surface area contributed by atoms with Crippen molar-refractivity contribution < 1.29 is 34.8 Å². The minimum atomic E-state index is -0.814. The Morgan fingerprint density at radius 3 is 2.26 bits per heavy atom. The van der Waals surface area contributed by atoms with E-state index in [4.69, 9.17) is 4.74 Å². The van der Waals surface area contributed by atoms with Gasteiger partial charge >= 0.3 is 11.9 Å². The number of aliphatic hydroxyl groups is 1. The number of phenols is 2. The van der Waals surface area contributed by atoms with Crippen LogP contribution in [0.25, 0.3) is 6.08 Å². The molecule has 6 rings (SSSR count). The summed E-state index contributed by atoms with van der Waals surface area (Å²) in [6.07, 6.45) is 11.4. The van der Waals surface area contributed by atoms with E-state index in [0.717, 1.165) is 51.4 Å². The summed E-state index contributed by atoms with van der Waals surface area (Å²) in [6, 6.07) is 4.33. The first-order valence-electron chi connectivity index (χ1n) is 17.3. The lowest BCUT2D eigenvalue weighted by molar-refractivity contribution is -0.237. The molecule has 1 aromatic rings. The van der Waals surface area contributed by atoms with Crippen LogP contribution in [0.2, 0.25) is 0 Å². The first kappa shape index (κ1) is 33.1. The highest BCUT2D eigenvalue weighted by molar-refractivity contribution is 5.87. The molecular formula is C39H54O7. The molecule has 4 N–H and O–H groups in total. The van der Waals surface area contributed by atoms with E-state index in [9.17, 15) is 30.0 Å². The standard InChI is InChI=1S/C39H54O7/c1-34(2)16-18-39(33(44)45)19-17-37(6)24(25(39)21-34)10-12-30-36(5)22-28(32(43)35(3,4)29(36)14-15-38(30,37)7)46-31(42)13-9-23-8-11-26(40)27(41)20-23/h8-11,13,20,25,28-30,32,40-41,43H,12,14-19,21-22H2,1-7H3,(H,44,45)/b13-9+/t25-,28+,29-,30+,32+,36-,37+,38+,39-/m0/s1. The first-order chi connectivity index (χ1) is 21.3. The largest absolute Gasteiger partial charge is 0.504 e. The number of hydrogen-bond acceptors (Lipinski definition) is 6. The zero-order valence-electron chi connectivity index (χ0n) is 28.7. The number of carboxylic acid groups (broad SMARTS) is 1. The zero-order chi connectivity index (χ0) is 33.7. The van der Waals surface area contributed by atoms with Crippen LogP contribution in [0.3, 0.4) is 0 Å². The Labute approximate surface area is 274 Å². The maximum atomic E-state index is 13.1. The maximum Gasteiger partial charge on any atom is 0.331 e. The third-order valence-electron chi connectivity index (χ3n) is 14.7. The Morgan fingerprint density at radius 2 is 1.59 bits per heavy atom. The summed E-state index contributed by atoms with van der Waals surface area (Å²) < 4.78 is 6.04. The van der Waals surface area contributed by atoms with Gasteiger partial charge in [-0.2, -0.15) is 0 Å². The quantitative estimate of drug-likeness (QED) is 0.115. The van der Waals surface area contributed by atoms with Crippen molar-refractivity contribution in [2.45, 2.75) is 118 Å². The van der Waals surface area contributed by atoms with Crippen LogP contribution in [-0.4, -0.2) is 44.6 Å². The van der Waals surface area contributed by atoms with Crippen LogP contribution in [-0.2, 0) is 14.3 Å². The summed E-state index contributed by atoms with van der Waals surface area (Å²) in [5.74, 6) is -1.08. The van der Waals surface area contributed by atoms with E-state index >= 15 is 0 Å². The van der Waals surface area contributed by atoms with Crippen LogP contribution < -0.4 is 0 Å². The maximum absolute atomic E-state index is 13.1.